The van der Waals surface area contributed by atoms with E-state index in [0.29, 0.717) is 10.4 Å². The molecule has 2 nitrogen and oxygen atoms in total. The second kappa shape index (κ2) is 6.70. The Morgan fingerprint density at radius 2 is 1.86 bits per heavy atom. The summed E-state index contributed by atoms with van der Waals surface area (Å²) in [6.45, 7) is 6.88. The van der Waals surface area contributed by atoms with Crippen LogP contribution in [0.4, 0.5) is 5.69 Å². The molecule has 0 aromatic heterocycles. The Morgan fingerprint density at radius 1 is 1.24 bits per heavy atom. The fourth-order valence-corrected chi connectivity index (χ4v) is 3.54. The van der Waals surface area contributed by atoms with Crippen LogP contribution in [0.25, 0.3) is 0 Å². The van der Waals surface area contributed by atoms with Gasteiger partial charge in [-0.25, -0.2) is 0 Å². The van der Waals surface area contributed by atoms with Gasteiger partial charge in [0.15, 0.2) is 0 Å². The third-order valence-corrected chi connectivity index (χ3v) is 5.72. The molecule has 116 valence electrons. The zero-order valence-corrected chi connectivity index (χ0v) is 15.2. The average Bonchev–Trinajstić information content (AvgIpc) is 2.42. The molecule has 0 heterocycles. The van der Waals surface area contributed by atoms with Gasteiger partial charge in [-0.1, -0.05) is 32.4 Å². The lowest BCUT2D eigenvalue weighted by Crippen LogP contribution is -2.31. The van der Waals surface area contributed by atoms with Crippen LogP contribution >= 0.6 is 27.5 Å². The number of amides is 1. The quantitative estimate of drug-likeness (QED) is 0.688. The van der Waals surface area contributed by atoms with Crippen molar-refractivity contribution in [2.45, 2.75) is 46.5 Å². The summed E-state index contributed by atoms with van der Waals surface area (Å²) >= 11 is 9.34. The van der Waals surface area contributed by atoms with Gasteiger partial charge >= 0.3 is 0 Å². The van der Waals surface area contributed by atoms with Crippen LogP contribution in [0.3, 0.4) is 0 Å². The van der Waals surface area contributed by atoms with E-state index in [9.17, 15) is 4.79 Å². The molecule has 1 aromatic carbocycles. The molecule has 0 bridgehead atoms. The number of anilines is 1. The number of rotatable bonds is 2. The van der Waals surface area contributed by atoms with Crippen molar-refractivity contribution < 1.29 is 4.79 Å². The Balaban J connectivity index is 1.92. The highest BCUT2D eigenvalue weighted by Gasteiger charge is 2.32. The lowest BCUT2D eigenvalue weighted by atomic mass is 9.69. The van der Waals surface area contributed by atoms with Crippen LogP contribution in [-0.4, -0.2) is 5.91 Å². The van der Waals surface area contributed by atoms with Gasteiger partial charge in [0.25, 0.3) is 0 Å². The highest BCUT2D eigenvalue weighted by molar-refractivity contribution is 9.10. The number of nitrogens with one attached hydrogen (secondary N) is 1. The minimum Gasteiger partial charge on any atom is -0.326 e. The highest BCUT2D eigenvalue weighted by Crippen LogP contribution is 2.40. The Hall–Kier alpha value is -0.540. The van der Waals surface area contributed by atoms with E-state index in [1.807, 2.05) is 12.1 Å². The van der Waals surface area contributed by atoms with Crippen LogP contribution in [0.5, 0.6) is 0 Å². The molecule has 1 aromatic rings. The molecule has 2 rings (SSSR count). The maximum atomic E-state index is 12.4. The highest BCUT2D eigenvalue weighted by atomic mass is 79.9. The van der Waals surface area contributed by atoms with Gasteiger partial charge in [-0.15, -0.1) is 0 Å². The van der Waals surface area contributed by atoms with Crippen LogP contribution in [-0.2, 0) is 4.79 Å². The molecule has 4 heteroatoms. The van der Waals surface area contributed by atoms with Crippen molar-refractivity contribution in [2.75, 3.05) is 5.32 Å². The summed E-state index contributed by atoms with van der Waals surface area (Å²) in [6.07, 6.45) is 4.27. The largest absolute Gasteiger partial charge is 0.326 e. The number of carbonyl (C=O) groups is 1. The molecule has 1 fully saturated rings. The lowest BCUT2D eigenvalue weighted by Gasteiger charge is -2.36. The van der Waals surface area contributed by atoms with Crippen LogP contribution in [0, 0.1) is 17.3 Å². The van der Waals surface area contributed by atoms with Crippen molar-refractivity contribution in [1.29, 1.82) is 0 Å². The topological polar surface area (TPSA) is 29.1 Å². The Bertz CT molecular complexity index is 516. The molecule has 1 saturated carbocycles. The van der Waals surface area contributed by atoms with E-state index in [0.717, 1.165) is 41.8 Å². The molecule has 0 atom stereocenters. The van der Waals surface area contributed by atoms with Crippen molar-refractivity contribution in [3.63, 3.8) is 0 Å². The van der Waals surface area contributed by atoms with Crippen molar-refractivity contribution in [1.82, 2.24) is 0 Å². The molecule has 1 amide bonds. The normalized spacial score (nSPS) is 22.9. The molecule has 0 unspecified atom stereocenters. The van der Waals surface area contributed by atoms with Crippen LogP contribution < -0.4 is 5.32 Å². The van der Waals surface area contributed by atoms with E-state index in [4.69, 9.17) is 11.6 Å². The summed E-state index contributed by atoms with van der Waals surface area (Å²) in [5.41, 5.74) is 1.15. The first-order valence-corrected chi connectivity index (χ1v) is 8.70. The van der Waals surface area contributed by atoms with Crippen molar-refractivity contribution >= 4 is 39.1 Å². The fraction of sp³-hybridized carbons (Fsp3) is 0.588. The first kappa shape index (κ1) is 16.8. The van der Waals surface area contributed by atoms with Gasteiger partial charge in [0, 0.05) is 16.1 Å². The second-order valence-electron chi connectivity index (χ2n) is 7.03. The van der Waals surface area contributed by atoms with E-state index in [1.54, 1.807) is 6.07 Å². The van der Waals surface area contributed by atoms with Crippen molar-refractivity contribution in [3.8, 4) is 0 Å². The van der Waals surface area contributed by atoms with Crippen LogP contribution in [0.2, 0.25) is 5.02 Å². The molecule has 1 aliphatic rings. The molecule has 21 heavy (non-hydrogen) atoms. The molecule has 1 aliphatic carbocycles. The van der Waals surface area contributed by atoms with Gasteiger partial charge in [0.2, 0.25) is 5.91 Å². The summed E-state index contributed by atoms with van der Waals surface area (Å²) in [5, 5.41) is 3.66. The number of benzene rings is 1. The number of hydrogen-bond acceptors (Lipinski definition) is 1. The predicted octanol–water partition coefficient (Wildman–Crippen LogP) is 5.89. The maximum absolute atomic E-state index is 12.4. The average molecular weight is 373 g/mol. The lowest BCUT2D eigenvalue weighted by molar-refractivity contribution is -0.121. The fourth-order valence-electron chi connectivity index (χ4n) is 3.04. The summed E-state index contributed by atoms with van der Waals surface area (Å²) in [5.74, 6) is 1.00. The zero-order chi connectivity index (χ0) is 15.6. The minimum atomic E-state index is 0.136. The molecular weight excluding hydrogens is 350 g/mol. The first-order chi connectivity index (χ1) is 9.77. The summed E-state index contributed by atoms with van der Waals surface area (Å²) in [4.78, 5) is 12.4. The van der Waals surface area contributed by atoms with Gasteiger partial charge in [-0.05, 0) is 71.1 Å². The van der Waals surface area contributed by atoms with Gasteiger partial charge in [0.05, 0.1) is 5.02 Å². The van der Waals surface area contributed by atoms with E-state index < -0.39 is 0 Å². The van der Waals surface area contributed by atoms with E-state index in [1.165, 1.54) is 0 Å². The first-order valence-electron chi connectivity index (χ1n) is 7.53. The van der Waals surface area contributed by atoms with Crippen LogP contribution in [0.1, 0.15) is 46.5 Å². The Labute approximate surface area is 140 Å². The van der Waals surface area contributed by atoms with Crippen molar-refractivity contribution in [2.24, 2.45) is 17.3 Å². The molecule has 0 aliphatic heterocycles. The predicted molar refractivity (Wildman–Crippen MR) is 92.7 cm³/mol. The summed E-state index contributed by atoms with van der Waals surface area (Å²) in [6, 6.07) is 5.48. The third kappa shape index (κ3) is 4.46. The number of halogens is 2. The molecule has 0 spiro atoms. The maximum Gasteiger partial charge on any atom is 0.227 e. The Kier molecular flexibility index (Phi) is 5.37. The van der Waals surface area contributed by atoms with E-state index in [-0.39, 0.29) is 11.8 Å². The van der Waals surface area contributed by atoms with Gasteiger partial charge in [-0.2, -0.15) is 0 Å². The van der Waals surface area contributed by atoms with Gasteiger partial charge in [-0.3, -0.25) is 4.79 Å². The van der Waals surface area contributed by atoms with Crippen molar-refractivity contribution in [3.05, 3.63) is 27.7 Å². The number of hydrogen-bond donors (Lipinski definition) is 1. The summed E-state index contributed by atoms with van der Waals surface area (Å²) in [7, 11) is 0. The molecule has 0 saturated heterocycles. The van der Waals surface area contributed by atoms with Gasteiger partial charge < -0.3 is 5.32 Å². The van der Waals surface area contributed by atoms with Crippen LogP contribution in [0.15, 0.2) is 22.7 Å². The monoisotopic (exact) mass is 371 g/mol. The summed E-state index contributed by atoms with van der Waals surface area (Å²) < 4.78 is 0.804. The molecule has 0 radical (unpaired) electrons. The molecule has 1 N–H and O–H groups in total. The van der Waals surface area contributed by atoms with E-state index >= 15 is 0 Å². The zero-order valence-electron chi connectivity index (χ0n) is 12.9. The minimum absolute atomic E-state index is 0.136. The van der Waals surface area contributed by atoms with E-state index in [2.05, 4.69) is 42.0 Å². The molecular formula is C17H23BrClNO. The Morgan fingerprint density at radius 3 is 2.38 bits per heavy atom. The van der Waals surface area contributed by atoms with Gasteiger partial charge in [0.1, 0.15) is 0 Å². The SMILES string of the molecule is CC(C)(C)C1CCC(C(=O)Nc2ccc(Cl)c(Br)c2)CC1. The third-order valence-electron chi connectivity index (χ3n) is 4.51. The second-order valence-corrected chi connectivity index (χ2v) is 8.29. The number of carbonyl (C=O) groups excluding carboxylic acids is 1. The smallest absolute Gasteiger partial charge is 0.227 e. The standard InChI is InChI=1S/C17H23BrClNO/c1-17(2,3)12-6-4-11(5-7-12)16(21)20-13-8-9-15(19)14(18)10-13/h8-12H,4-7H2,1-3H3,(H,20,21).